The Hall–Kier alpha value is -1.32. The lowest BCUT2D eigenvalue weighted by molar-refractivity contribution is -0.116. The second-order valence-electron chi connectivity index (χ2n) is 4.81. The van der Waals surface area contributed by atoms with E-state index in [4.69, 9.17) is 28.5 Å². The van der Waals surface area contributed by atoms with Gasteiger partial charge < -0.3 is 10.6 Å². The van der Waals surface area contributed by atoms with E-state index >= 15 is 0 Å². The van der Waals surface area contributed by atoms with Crippen LogP contribution in [0.2, 0.25) is 10.0 Å². The monoisotopic (exact) mass is 326 g/mol. The fourth-order valence-corrected chi connectivity index (χ4v) is 2.53. The molecule has 112 valence electrons. The minimum atomic E-state index is -0.179. The largest absolute Gasteiger partial charge is 0.325 e. The first kappa shape index (κ1) is 16.1. The van der Waals surface area contributed by atoms with Gasteiger partial charge in [-0.3, -0.25) is 9.69 Å². The number of anilines is 1. The minimum Gasteiger partial charge on any atom is -0.325 e. The Morgan fingerprint density at radius 1 is 1.52 bits per heavy atom. The minimum absolute atomic E-state index is 0.144. The third-order valence-electron chi connectivity index (χ3n) is 3.33. The number of carbonyl (C=O) groups excluding carboxylic acids is 1. The number of piperazine rings is 1. The molecule has 0 aromatic heterocycles. The summed E-state index contributed by atoms with van der Waals surface area (Å²) in [6.07, 6.45) is 0.307. The molecule has 5 nitrogen and oxygen atoms in total. The van der Waals surface area contributed by atoms with E-state index < -0.39 is 0 Å². The first-order valence-corrected chi connectivity index (χ1v) is 7.45. The van der Waals surface area contributed by atoms with Gasteiger partial charge in [-0.05, 0) is 18.2 Å². The Labute approximate surface area is 133 Å². The van der Waals surface area contributed by atoms with E-state index in [-0.39, 0.29) is 11.9 Å². The summed E-state index contributed by atoms with van der Waals surface area (Å²) in [6, 6.07) is 6.98. The number of nitrogens with one attached hydrogen (secondary N) is 2. The fourth-order valence-electron chi connectivity index (χ4n) is 2.19. The van der Waals surface area contributed by atoms with Crippen LogP contribution < -0.4 is 10.6 Å². The lowest BCUT2D eigenvalue weighted by Crippen LogP contribution is -2.51. The van der Waals surface area contributed by atoms with Crippen LogP contribution in [0.25, 0.3) is 0 Å². The first-order valence-electron chi connectivity index (χ1n) is 6.69. The van der Waals surface area contributed by atoms with E-state index in [2.05, 4.69) is 16.7 Å². The van der Waals surface area contributed by atoms with Crippen LogP contribution in [0, 0.1) is 11.3 Å². The predicted octanol–water partition coefficient (Wildman–Crippen LogP) is 2.12. The van der Waals surface area contributed by atoms with Crippen LogP contribution in [-0.2, 0) is 4.79 Å². The van der Waals surface area contributed by atoms with E-state index in [9.17, 15) is 4.79 Å². The van der Waals surface area contributed by atoms with Crippen LogP contribution in [0.1, 0.15) is 6.42 Å². The van der Waals surface area contributed by atoms with Gasteiger partial charge in [0.2, 0.25) is 5.91 Å². The van der Waals surface area contributed by atoms with Gasteiger partial charge in [-0.2, -0.15) is 5.26 Å². The van der Waals surface area contributed by atoms with Crippen molar-refractivity contribution in [2.24, 2.45) is 0 Å². The van der Waals surface area contributed by atoms with Crippen LogP contribution in [0.4, 0.5) is 5.69 Å². The summed E-state index contributed by atoms with van der Waals surface area (Å²) in [4.78, 5) is 14.0. The van der Waals surface area contributed by atoms with Gasteiger partial charge in [-0.15, -0.1) is 0 Å². The highest BCUT2D eigenvalue weighted by Crippen LogP contribution is 2.25. The zero-order chi connectivity index (χ0) is 15.2. The number of amides is 1. The van der Waals surface area contributed by atoms with Crippen molar-refractivity contribution in [2.45, 2.75) is 12.5 Å². The average Bonchev–Trinajstić information content (AvgIpc) is 2.49. The van der Waals surface area contributed by atoms with E-state index in [0.29, 0.717) is 35.2 Å². The summed E-state index contributed by atoms with van der Waals surface area (Å²) in [7, 11) is 0. The third-order valence-corrected chi connectivity index (χ3v) is 3.90. The third kappa shape index (κ3) is 4.58. The lowest BCUT2D eigenvalue weighted by Gasteiger charge is -2.31. The second-order valence-corrected chi connectivity index (χ2v) is 5.65. The molecule has 1 fully saturated rings. The molecule has 1 aliphatic rings. The van der Waals surface area contributed by atoms with Crippen molar-refractivity contribution >= 4 is 34.8 Å². The van der Waals surface area contributed by atoms with Crippen molar-refractivity contribution in [3.63, 3.8) is 0 Å². The number of benzene rings is 1. The van der Waals surface area contributed by atoms with Crippen molar-refractivity contribution in [3.8, 4) is 6.07 Å². The van der Waals surface area contributed by atoms with Crippen molar-refractivity contribution in [2.75, 3.05) is 31.5 Å². The Morgan fingerprint density at radius 3 is 3.10 bits per heavy atom. The number of carbonyl (C=O) groups is 1. The summed E-state index contributed by atoms with van der Waals surface area (Å²) >= 11 is 11.9. The lowest BCUT2D eigenvalue weighted by atomic mass is 10.2. The Bertz CT molecular complexity index is 558. The number of halogens is 2. The maximum absolute atomic E-state index is 12.0. The zero-order valence-electron chi connectivity index (χ0n) is 11.4. The molecule has 1 amide bonds. The Kier molecular flexibility index (Phi) is 5.83. The molecular formula is C14H16Cl2N4O. The highest BCUT2D eigenvalue weighted by atomic mass is 35.5. The Balaban J connectivity index is 1.87. The van der Waals surface area contributed by atoms with E-state index in [1.165, 1.54) is 0 Å². The topological polar surface area (TPSA) is 68.2 Å². The molecule has 1 heterocycles. The molecule has 1 saturated heterocycles. The standard InChI is InChI=1S/C14H16Cl2N4O/c15-10-1-2-12(16)13(7-10)19-14(21)3-5-20-6-4-18-9-11(20)8-17/h1-2,7,11,18H,3-6,9H2,(H,19,21). The summed E-state index contributed by atoms with van der Waals surface area (Å²) in [5, 5.41) is 15.9. The van der Waals surface area contributed by atoms with Gasteiger partial charge in [-0.1, -0.05) is 23.2 Å². The van der Waals surface area contributed by atoms with Crippen LogP contribution in [0.5, 0.6) is 0 Å². The molecule has 7 heteroatoms. The molecule has 21 heavy (non-hydrogen) atoms. The van der Waals surface area contributed by atoms with Crippen LogP contribution in [0.15, 0.2) is 18.2 Å². The average molecular weight is 327 g/mol. The van der Waals surface area contributed by atoms with E-state index in [1.807, 2.05) is 4.90 Å². The molecule has 0 radical (unpaired) electrons. The van der Waals surface area contributed by atoms with Gasteiger partial charge in [-0.25, -0.2) is 0 Å². The van der Waals surface area contributed by atoms with Gasteiger partial charge in [0, 0.05) is 37.6 Å². The molecular weight excluding hydrogens is 311 g/mol. The fraction of sp³-hybridized carbons (Fsp3) is 0.429. The molecule has 0 aliphatic carbocycles. The second kappa shape index (κ2) is 7.62. The number of nitrogens with zero attached hydrogens (tertiary/aromatic N) is 2. The molecule has 1 aromatic carbocycles. The molecule has 0 saturated carbocycles. The van der Waals surface area contributed by atoms with E-state index in [1.54, 1.807) is 18.2 Å². The zero-order valence-corrected chi connectivity index (χ0v) is 12.9. The summed E-state index contributed by atoms with van der Waals surface area (Å²) in [5.41, 5.74) is 0.506. The van der Waals surface area contributed by atoms with Gasteiger partial charge in [0.25, 0.3) is 0 Å². The number of rotatable bonds is 4. The molecule has 2 N–H and O–H groups in total. The maximum atomic E-state index is 12.0. The van der Waals surface area contributed by atoms with Crippen molar-refractivity contribution < 1.29 is 4.79 Å². The van der Waals surface area contributed by atoms with Crippen LogP contribution in [-0.4, -0.2) is 43.0 Å². The molecule has 2 rings (SSSR count). The summed E-state index contributed by atoms with van der Waals surface area (Å²) < 4.78 is 0. The number of hydrogen-bond acceptors (Lipinski definition) is 4. The first-order chi connectivity index (χ1) is 10.1. The molecule has 1 atom stereocenters. The van der Waals surface area contributed by atoms with Crippen LogP contribution >= 0.6 is 23.2 Å². The number of hydrogen-bond donors (Lipinski definition) is 2. The summed E-state index contributed by atoms with van der Waals surface area (Å²) in [5.74, 6) is -0.144. The maximum Gasteiger partial charge on any atom is 0.225 e. The SMILES string of the molecule is N#CC1CNCCN1CCC(=O)Nc1cc(Cl)ccc1Cl. The van der Waals surface area contributed by atoms with Crippen molar-refractivity contribution in [1.29, 1.82) is 5.26 Å². The molecule has 1 aliphatic heterocycles. The van der Waals surface area contributed by atoms with Crippen molar-refractivity contribution in [3.05, 3.63) is 28.2 Å². The molecule has 1 unspecified atom stereocenters. The van der Waals surface area contributed by atoms with Gasteiger partial charge in [0.15, 0.2) is 0 Å². The Morgan fingerprint density at radius 2 is 2.33 bits per heavy atom. The quantitative estimate of drug-likeness (QED) is 0.889. The highest BCUT2D eigenvalue weighted by Gasteiger charge is 2.22. The molecule has 0 spiro atoms. The van der Waals surface area contributed by atoms with Gasteiger partial charge >= 0.3 is 0 Å². The highest BCUT2D eigenvalue weighted by molar-refractivity contribution is 6.35. The van der Waals surface area contributed by atoms with Gasteiger partial charge in [0.05, 0.1) is 16.8 Å². The van der Waals surface area contributed by atoms with Crippen molar-refractivity contribution in [1.82, 2.24) is 10.2 Å². The molecule has 1 aromatic rings. The predicted molar refractivity (Wildman–Crippen MR) is 83.6 cm³/mol. The summed E-state index contributed by atoms with van der Waals surface area (Å²) in [6.45, 7) is 2.78. The smallest absolute Gasteiger partial charge is 0.225 e. The normalized spacial score (nSPS) is 19.0. The molecule has 0 bridgehead atoms. The van der Waals surface area contributed by atoms with Crippen LogP contribution in [0.3, 0.4) is 0 Å². The van der Waals surface area contributed by atoms with Gasteiger partial charge in [0.1, 0.15) is 6.04 Å². The van der Waals surface area contributed by atoms with E-state index in [0.717, 1.165) is 13.1 Å². The number of nitriles is 1.